The van der Waals surface area contributed by atoms with Crippen molar-refractivity contribution in [3.05, 3.63) is 28.0 Å². The van der Waals surface area contributed by atoms with E-state index in [1.165, 1.54) is 6.07 Å². The predicted octanol–water partition coefficient (Wildman–Crippen LogP) is 3.34. The number of rotatable bonds is 2. The third kappa shape index (κ3) is 2.61. The molecule has 1 unspecified atom stereocenters. The smallest absolute Gasteiger partial charge is 0.166 e. The highest BCUT2D eigenvalue weighted by atomic mass is 79.9. The Hall–Kier alpha value is -0.650. The van der Waals surface area contributed by atoms with Gasteiger partial charge in [0.1, 0.15) is 5.60 Å². The molecule has 1 N–H and O–H groups in total. The quantitative estimate of drug-likeness (QED) is 0.850. The van der Waals surface area contributed by atoms with Gasteiger partial charge in [0, 0.05) is 16.5 Å². The Labute approximate surface area is 108 Å². The lowest BCUT2D eigenvalue weighted by Crippen LogP contribution is -2.39. The minimum absolute atomic E-state index is 0.0780. The van der Waals surface area contributed by atoms with Gasteiger partial charge in [0.05, 0.1) is 13.2 Å². The van der Waals surface area contributed by atoms with Crippen LogP contribution < -0.4 is 10.2 Å². The number of hydrogen-bond donors (Lipinski definition) is 1. The van der Waals surface area contributed by atoms with Crippen LogP contribution in [0.15, 0.2) is 16.6 Å². The van der Waals surface area contributed by atoms with Crippen molar-refractivity contribution in [3.8, 4) is 5.75 Å². The van der Waals surface area contributed by atoms with Gasteiger partial charge in [-0.25, -0.2) is 4.39 Å². The van der Waals surface area contributed by atoms with Crippen LogP contribution in [0.5, 0.6) is 5.75 Å². The van der Waals surface area contributed by atoms with E-state index in [0.29, 0.717) is 16.6 Å². The highest BCUT2D eigenvalue weighted by Crippen LogP contribution is 2.42. The molecule has 0 fully saturated rings. The number of hydroxylamine groups is 1. The molecule has 1 atom stereocenters. The molecule has 1 aliphatic rings. The molecule has 0 saturated heterocycles. The largest absolute Gasteiger partial charge is 0.484 e. The van der Waals surface area contributed by atoms with Crippen LogP contribution in [-0.4, -0.2) is 12.7 Å². The van der Waals surface area contributed by atoms with Crippen LogP contribution in [0.4, 0.5) is 4.39 Å². The summed E-state index contributed by atoms with van der Waals surface area (Å²) >= 11 is 3.28. The first-order chi connectivity index (χ1) is 7.93. The lowest BCUT2D eigenvalue weighted by atomic mass is 9.90. The Morgan fingerprint density at radius 2 is 2.24 bits per heavy atom. The van der Waals surface area contributed by atoms with Crippen molar-refractivity contribution in [2.45, 2.75) is 31.9 Å². The van der Waals surface area contributed by atoms with Crippen LogP contribution in [0.25, 0.3) is 0 Å². The molecule has 5 heteroatoms. The average molecular weight is 304 g/mol. The Balaban J connectivity index is 2.48. The zero-order valence-electron chi connectivity index (χ0n) is 10.0. The van der Waals surface area contributed by atoms with E-state index >= 15 is 0 Å². The molecular weight excluding hydrogens is 289 g/mol. The number of ether oxygens (including phenoxy) is 1. The van der Waals surface area contributed by atoms with Gasteiger partial charge in [-0.15, -0.1) is 0 Å². The molecule has 0 bridgehead atoms. The van der Waals surface area contributed by atoms with Crippen LogP contribution in [0.2, 0.25) is 0 Å². The van der Waals surface area contributed by atoms with Gasteiger partial charge in [0.2, 0.25) is 0 Å². The molecule has 0 saturated carbocycles. The zero-order valence-corrected chi connectivity index (χ0v) is 11.6. The minimum Gasteiger partial charge on any atom is -0.484 e. The normalized spacial score (nSPS) is 21.8. The van der Waals surface area contributed by atoms with E-state index in [1.807, 2.05) is 19.9 Å². The zero-order chi connectivity index (χ0) is 12.6. The Kier molecular flexibility index (Phi) is 3.43. The third-order valence-electron chi connectivity index (χ3n) is 2.75. The highest BCUT2D eigenvalue weighted by molar-refractivity contribution is 9.10. The second kappa shape index (κ2) is 4.55. The molecule has 94 valence electrons. The fraction of sp³-hybridized carbons (Fsp3) is 0.500. The maximum Gasteiger partial charge on any atom is 0.166 e. The second-order valence-corrected chi connectivity index (χ2v) is 5.66. The molecule has 0 aliphatic carbocycles. The third-order valence-corrected chi connectivity index (χ3v) is 3.20. The second-order valence-electron chi connectivity index (χ2n) is 4.75. The van der Waals surface area contributed by atoms with E-state index in [-0.39, 0.29) is 11.9 Å². The standard InChI is InChI=1S/C12H15BrFNO2/c1-12(2)6-10(15-16-3)8-4-7(13)5-9(14)11(8)17-12/h4-5,10,15H,6H2,1-3H3. The predicted molar refractivity (Wildman–Crippen MR) is 66.3 cm³/mol. The fourth-order valence-corrected chi connectivity index (χ4v) is 2.56. The van der Waals surface area contributed by atoms with Gasteiger partial charge in [-0.3, -0.25) is 0 Å². The van der Waals surface area contributed by atoms with E-state index in [9.17, 15) is 4.39 Å². The molecule has 0 amide bonds. The molecule has 1 aromatic rings. The van der Waals surface area contributed by atoms with E-state index < -0.39 is 5.60 Å². The molecule has 17 heavy (non-hydrogen) atoms. The van der Waals surface area contributed by atoms with E-state index in [1.54, 1.807) is 7.11 Å². The molecular formula is C12H15BrFNO2. The summed E-state index contributed by atoms with van der Waals surface area (Å²) in [5.74, 6) is -0.0518. The summed E-state index contributed by atoms with van der Waals surface area (Å²) in [4.78, 5) is 4.97. The maximum absolute atomic E-state index is 13.9. The van der Waals surface area contributed by atoms with E-state index in [0.717, 1.165) is 5.56 Å². The molecule has 0 radical (unpaired) electrons. The number of nitrogens with one attached hydrogen (secondary N) is 1. The lowest BCUT2D eigenvalue weighted by molar-refractivity contribution is 0.000715. The van der Waals surface area contributed by atoms with E-state index in [4.69, 9.17) is 9.57 Å². The lowest BCUT2D eigenvalue weighted by Gasteiger charge is -2.37. The van der Waals surface area contributed by atoms with Crippen LogP contribution in [0, 0.1) is 5.82 Å². The van der Waals surface area contributed by atoms with Crippen molar-refractivity contribution < 1.29 is 14.0 Å². The van der Waals surface area contributed by atoms with Gasteiger partial charge in [0.15, 0.2) is 11.6 Å². The van der Waals surface area contributed by atoms with Crippen molar-refractivity contribution in [2.75, 3.05) is 7.11 Å². The van der Waals surface area contributed by atoms with Gasteiger partial charge < -0.3 is 9.57 Å². The van der Waals surface area contributed by atoms with Crippen molar-refractivity contribution in [2.24, 2.45) is 0 Å². The summed E-state index contributed by atoms with van der Waals surface area (Å²) in [5, 5.41) is 0. The number of hydrogen-bond acceptors (Lipinski definition) is 3. The fourth-order valence-electron chi connectivity index (χ4n) is 2.11. The molecule has 2 rings (SSSR count). The van der Waals surface area contributed by atoms with Gasteiger partial charge in [-0.1, -0.05) is 15.9 Å². The van der Waals surface area contributed by atoms with Crippen molar-refractivity contribution in [3.63, 3.8) is 0 Å². The van der Waals surface area contributed by atoms with E-state index in [2.05, 4.69) is 21.4 Å². The minimum atomic E-state index is -0.419. The summed E-state index contributed by atoms with van der Waals surface area (Å²) in [7, 11) is 1.55. The maximum atomic E-state index is 13.9. The van der Waals surface area contributed by atoms with Gasteiger partial charge in [0.25, 0.3) is 0 Å². The summed E-state index contributed by atoms with van der Waals surface area (Å²) in [6, 6.07) is 3.18. The topological polar surface area (TPSA) is 30.5 Å². The first kappa shape index (κ1) is 12.8. The van der Waals surface area contributed by atoms with Crippen LogP contribution in [0.3, 0.4) is 0 Å². The first-order valence-corrected chi connectivity index (χ1v) is 6.19. The molecule has 1 aliphatic heterocycles. The van der Waals surface area contributed by atoms with Gasteiger partial charge in [-0.05, 0) is 26.0 Å². The van der Waals surface area contributed by atoms with Crippen molar-refractivity contribution in [1.82, 2.24) is 5.48 Å². The summed E-state index contributed by atoms with van der Waals surface area (Å²) < 4.78 is 20.3. The number of halogens is 2. The Morgan fingerprint density at radius 1 is 1.53 bits per heavy atom. The summed E-state index contributed by atoms with van der Waals surface area (Å²) in [6.07, 6.45) is 0.712. The SMILES string of the molecule is CONC1CC(C)(C)Oc2c(F)cc(Br)cc21. The molecule has 1 heterocycles. The van der Waals surface area contributed by atoms with Gasteiger partial charge >= 0.3 is 0 Å². The van der Waals surface area contributed by atoms with Gasteiger partial charge in [-0.2, -0.15) is 5.48 Å². The highest BCUT2D eigenvalue weighted by Gasteiger charge is 2.35. The number of fused-ring (bicyclic) bond motifs is 1. The molecule has 1 aromatic carbocycles. The molecule has 0 aromatic heterocycles. The Morgan fingerprint density at radius 3 is 2.88 bits per heavy atom. The van der Waals surface area contributed by atoms with Crippen molar-refractivity contribution in [1.29, 1.82) is 0 Å². The average Bonchev–Trinajstić information content (AvgIpc) is 2.19. The van der Waals surface area contributed by atoms with Crippen LogP contribution in [-0.2, 0) is 4.84 Å². The number of benzene rings is 1. The first-order valence-electron chi connectivity index (χ1n) is 5.39. The monoisotopic (exact) mass is 303 g/mol. The van der Waals surface area contributed by atoms with Crippen molar-refractivity contribution >= 4 is 15.9 Å². The molecule has 3 nitrogen and oxygen atoms in total. The molecule has 0 spiro atoms. The van der Waals surface area contributed by atoms with Crippen LogP contribution in [0.1, 0.15) is 31.9 Å². The Bertz CT molecular complexity index is 437. The van der Waals surface area contributed by atoms with Crippen LogP contribution >= 0.6 is 15.9 Å². The summed E-state index contributed by atoms with van der Waals surface area (Å²) in [5.41, 5.74) is 3.24. The summed E-state index contributed by atoms with van der Waals surface area (Å²) in [6.45, 7) is 3.86.